The van der Waals surface area contributed by atoms with Crippen molar-refractivity contribution in [2.45, 2.75) is 21.9 Å². The molecule has 1 rings (SSSR count). The second kappa shape index (κ2) is 6.88. The predicted molar refractivity (Wildman–Crippen MR) is 77.1 cm³/mol. The molecule has 0 aromatic heterocycles. The Morgan fingerprint density at radius 1 is 0.850 bits per heavy atom. The van der Waals surface area contributed by atoms with E-state index in [9.17, 15) is 19.2 Å². The molecule has 0 unspecified atom stereocenters. The lowest BCUT2D eigenvalue weighted by Crippen LogP contribution is -2.41. The predicted octanol–water partition coefficient (Wildman–Crippen LogP) is -2.91. The molecule has 0 saturated carbocycles. The molecule has 2 atom stereocenters. The Hall–Kier alpha value is -1.36. The third-order valence-electron chi connectivity index (χ3n) is 2.37. The Labute approximate surface area is 122 Å². The zero-order chi connectivity index (χ0) is 15.4. The highest BCUT2D eigenvalue weighted by Gasteiger charge is 2.24. The first kappa shape index (κ1) is 16.7. The molecule has 2 amide bonds. The molecule has 8 N–H and O–H groups in total. The number of nitrogens with two attached hydrogens (primary N) is 4. The van der Waals surface area contributed by atoms with Gasteiger partial charge in [-0.05, 0) is 0 Å². The summed E-state index contributed by atoms with van der Waals surface area (Å²) in [6, 6.07) is -1.81. The van der Waals surface area contributed by atoms with Crippen LogP contribution in [0.3, 0.4) is 0 Å². The molecule has 0 aliphatic heterocycles. The van der Waals surface area contributed by atoms with Gasteiger partial charge in [-0.25, -0.2) is 0 Å². The van der Waals surface area contributed by atoms with Gasteiger partial charge in [-0.15, -0.1) is 23.5 Å². The summed E-state index contributed by atoms with van der Waals surface area (Å²) in [6.07, 6.45) is 0. The standard InChI is InChI=1S/C10H14N4O4S2/c11-3(9(13)17)1-19-7-5(15)6(16)8(7)20-2-4(12)10(14)18/h3-4H,1-2,11-12H2,(H2,13,17)(H2,14,18)/t3-,4+. The maximum absolute atomic E-state index is 11.4. The van der Waals surface area contributed by atoms with Gasteiger partial charge in [-0.3, -0.25) is 19.2 Å². The summed E-state index contributed by atoms with van der Waals surface area (Å²) in [5.74, 6) is -1.20. The fourth-order valence-corrected chi connectivity index (χ4v) is 3.39. The highest BCUT2D eigenvalue weighted by atomic mass is 32.2. The average molecular weight is 318 g/mol. The van der Waals surface area contributed by atoms with Gasteiger partial charge in [-0.1, -0.05) is 0 Å². The minimum atomic E-state index is -0.907. The monoisotopic (exact) mass is 318 g/mol. The second-order valence-corrected chi connectivity index (χ2v) is 6.02. The van der Waals surface area contributed by atoms with Crippen LogP contribution in [0.4, 0.5) is 0 Å². The van der Waals surface area contributed by atoms with Gasteiger partial charge in [0.25, 0.3) is 0 Å². The van der Waals surface area contributed by atoms with Crippen molar-refractivity contribution in [3.8, 4) is 0 Å². The molecule has 0 aliphatic carbocycles. The number of amides is 2. The van der Waals surface area contributed by atoms with E-state index in [0.717, 1.165) is 23.5 Å². The molecule has 10 heteroatoms. The fraction of sp³-hybridized carbons (Fsp3) is 0.400. The van der Waals surface area contributed by atoms with Crippen LogP contribution in [0, 0.1) is 0 Å². The topological polar surface area (TPSA) is 172 Å². The molecule has 1 aromatic carbocycles. The molecule has 8 nitrogen and oxygen atoms in total. The van der Waals surface area contributed by atoms with Gasteiger partial charge >= 0.3 is 0 Å². The molecule has 0 aliphatic rings. The number of hydrogen-bond acceptors (Lipinski definition) is 8. The average Bonchev–Trinajstić information content (AvgIpc) is 2.40. The summed E-state index contributed by atoms with van der Waals surface area (Å²) >= 11 is 1.97. The lowest BCUT2D eigenvalue weighted by molar-refractivity contribution is -0.119. The van der Waals surface area contributed by atoms with E-state index >= 15 is 0 Å². The zero-order valence-electron chi connectivity index (χ0n) is 10.3. The Kier molecular flexibility index (Phi) is 5.74. The van der Waals surface area contributed by atoms with Crippen molar-refractivity contribution in [3.05, 3.63) is 20.4 Å². The van der Waals surface area contributed by atoms with Crippen molar-refractivity contribution < 1.29 is 9.59 Å². The Bertz CT molecular complexity index is 545. The summed E-state index contributed by atoms with van der Waals surface area (Å²) in [6.45, 7) is 0. The SMILES string of the molecule is NC(=O)[C@H](N)CSc1c(SC[C@H](N)C(N)=O)c(=O)c1=O. The summed E-state index contributed by atoms with van der Waals surface area (Å²) in [7, 11) is 0. The smallest absolute Gasteiger partial charge is 0.241 e. The first-order valence-electron chi connectivity index (χ1n) is 5.44. The molecule has 1 aromatic rings. The van der Waals surface area contributed by atoms with Gasteiger partial charge in [0, 0.05) is 11.5 Å². The van der Waals surface area contributed by atoms with Gasteiger partial charge in [-0.2, -0.15) is 0 Å². The Morgan fingerprint density at radius 2 is 1.15 bits per heavy atom. The number of thioether (sulfide) groups is 2. The van der Waals surface area contributed by atoms with E-state index in [2.05, 4.69) is 0 Å². The van der Waals surface area contributed by atoms with Crippen LogP contribution in [0.15, 0.2) is 19.4 Å². The quantitative estimate of drug-likeness (QED) is 0.291. The first-order valence-corrected chi connectivity index (χ1v) is 7.41. The molecule has 20 heavy (non-hydrogen) atoms. The van der Waals surface area contributed by atoms with Crippen molar-refractivity contribution in [2.75, 3.05) is 11.5 Å². The molecular weight excluding hydrogens is 304 g/mol. The number of carbonyl (C=O) groups excluding carboxylic acids is 2. The number of primary amides is 2. The van der Waals surface area contributed by atoms with Crippen molar-refractivity contribution in [2.24, 2.45) is 22.9 Å². The van der Waals surface area contributed by atoms with Crippen LogP contribution < -0.4 is 33.8 Å². The van der Waals surface area contributed by atoms with Crippen molar-refractivity contribution >= 4 is 35.3 Å². The number of carbonyl (C=O) groups is 2. The normalized spacial score (nSPS) is 14.1. The van der Waals surface area contributed by atoms with Gasteiger partial charge in [0.15, 0.2) is 0 Å². The summed E-state index contributed by atoms with van der Waals surface area (Å²) < 4.78 is 0. The first-order chi connectivity index (χ1) is 9.25. The molecule has 0 heterocycles. The third-order valence-corrected chi connectivity index (χ3v) is 4.91. The van der Waals surface area contributed by atoms with Crippen LogP contribution in [-0.4, -0.2) is 35.4 Å². The van der Waals surface area contributed by atoms with Gasteiger partial charge < -0.3 is 22.9 Å². The van der Waals surface area contributed by atoms with E-state index in [4.69, 9.17) is 22.9 Å². The van der Waals surface area contributed by atoms with Crippen molar-refractivity contribution in [1.82, 2.24) is 0 Å². The van der Waals surface area contributed by atoms with E-state index in [1.54, 1.807) is 0 Å². The van der Waals surface area contributed by atoms with Crippen LogP contribution >= 0.6 is 23.5 Å². The van der Waals surface area contributed by atoms with Crippen LogP contribution in [0.25, 0.3) is 0 Å². The number of rotatable bonds is 8. The van der Waals surface area contributed by atoms with E-state index in [0.29, 0.717) is 0 Å². The summed E-state index contributed by atoms with van der Waals surface area (Å²) in [5.41, 5.74) is 19.6. The van der Waals surface area contributed by atoms with E-state index in [1.165, 1.54) is 0 Å². The van der Waals surface area contributed by atoms with Crippen LogP contribution in [-0.2, 0) is 9.59 Å². The lowest BCUT2D eigenvalue weighted by Gasteiger charge is -2.13. The molecule has 0 spiro atoms. The highest BCUT2D eigenvalue weighted by molar-refractivity contribution is 8.02. The largest absolute Gasteiger partial charge is 0.368 e. The van der Waals surface area contributed by atoms with Gasteiger partial charge in [0.05, 0.1) is 21.9 Å². The maximum atomic E-state index is 11.4. The fourth-order valence-electron chi connectivity index (χ4n) is 1.12. The number of hydrogen-bond donors (Lipinski definition) is 4. The lowest BCUT2D eigenvalue weighted by atomic mass is 10.3. The zero-order valence-corrected chi connectivity index (χ0v) is 12.0. The molecule has 0 saturated heterocycles. The highest BCUT2D eigenvalue weighted by Crippen LogP contribution is 2.27. The van der Waals surface area contributed by atoms with E-state index in [1.807, 2.05) is 0 Å². The van der Waals surface area contributed by atoms with Crippen LogP contribution in [0.5, 0.6) is 0 Å². The second-order valence-electron chi connectivity index (χ2n) is 3.96. The van der Waals surface area contributed by atoms with Crippen LogP contribution in [0.2, 0.25) is 0 Å². The molecule has 0 bridgehead atoms. The maximum Gasteiger partial charge on any atom is 0.241 e. The minimum absolute atomic E-state index is 0.0929. The Morgan fingerprint density at radius 3 is 1.40 bits per heavy atom. The molecular formula is C10H14N4O4S2. The van der Waals surface area contributed by atoms with E-state index in [-0.39, 0.29) is 21.3 Å². The third kappa shape index (κ3) is 3.82. The molecule has 0 fully saturated rings. The molecule has 110 valence electrons. The summed E-state index contributed by atoms with van der Waals surface area (Å²) in [4.78, 5) is 44.8. The van der Waals surface area contributed by atoms with E-state index < -0.39 is 34.8 Å². The van der Waals surface area contributed by atoms with Crippen molar-refractivity contribution in [1.29, 1.82) is 0 Å². The Balaban J connectivity index is 2.68. The minimum Gasteiger partial charge on any atom is -0.368 e. The van der Waals surface area contributed by atoms with Gasteiger partial charge in [0.1, 0.15) is 0 Å². The van der Waals surface area contributed by atoms with Crippen molar-refractivity contribution in [3.63, 3.8) is 0 Å². The van der Waals surface area contributed by atoms with Crippen LogP contribution in [0.1, 0.15) is 0 Å². The molecule has 0 radical (unpaired) electrons. The van der Waals surface area contributed by atoms with Gasteiger partial charge in [0.2, 0.25) is 22.7 Å². The summed E-state index contributed by atoms with van der Waals surface area (Å²) in [5, 5.41) is 0.